The van der Waals surface area contributed by atoms with Gasteiger partial charge >= 0.3 is 6.03 Å². The lowest BCUT2D eigenvalue weighted by atomic mass is 10.2. The Morgan fingerprint density at radius 1 is 1.09 bits per heavy atom. The van der Waals surface area contributed by atoms with Crippen molar-refractivity contribution in [3.63, 3.8) is 0 Å². The van der Waals surface area contributed by atoms with Crippen molar-refractivity contribution in [2.75, 3.05) is 23.3 Å². The van der Waals surface area contributed by atoms with Crippen molar-refractivity contribution < 1.29 is 9.18 Å². The first kappa shape index (κ1) is 15.1. The number of anilines is 2. The fraction of sp³-hybridized carbons (Fsp3) is 0.167. The van der Waals surface area contributed by atoms with Crippen LogP contribution < -0.4 is 15.5 Å². The molecule has 0 radical (unpaired) electrons. The first-order chi connectivity index (χ1) is 11.2. The van der Waals surface area contributed by atoms with Crippen molar-refractivity contribution in [1.82, 2.24) is 5.32 Å². The van der Waals surface area contributed by atoms with Crippen LogP contribution in [0.1, 0.15) is 5.56 Å². The Balaban J connectivity index is 1.56. The number of nitrogens with zero attached hydrogens (tertiary/aromatic N) is 1. The van der Waals surface area contributed by atoms with Gasteiger partial charge in [-0.25, -0.2) is 9.18 Å². The highest BCUT2D eigenvalue weighted by atomic mass is 19.1. The van der Waals surface area contributed by atoms with E-state index in [0.717, 1.165) is 24.3 Å². The molecule has 5 heteroatoms. The largest absolute Gasteiger partial charge is 0.364 e. The van der Waals surface area contributed by atoms with Crippen molar-refractivity contribution in [1.29, 1.82) is 0 Å². The molecule has 0 aliphatic carbocycles. The summed E-state index contributed by atoms with van der Waals surface area (Å²) < 4.78 is 13.5. The van der Waals surface area contributed by atoms with E-state index in [1.54, 1.807) is 12.1 Å². The first-order valence-electron chi connectivity index (χ1n) is 7.50. The molecule has 2 amide bonds. The van der Waals surface area contributed by atoms with Crippen LogP contribution in [0.4, 0.5) is 20.6 Å². The van der Waals surface area contributed by atoms with E-state index in [4.69, 9.17) is 0 Å². The quantitative estimate of drug-likeness (QED) is 0.849. The Kier molecular flexibility index (Phi) is 4.57. The standard InChI is InChI=1S/C18H18FN3O/c19-16-8-1-2-9-17(16)21-18(23)20-13-14-6-5-7-15(12-14)22-10-3-4-11-22/h1-9,12H,10-11,13H2,(H2,20,21,23). The number of hydrogen-bond donors (Lipinski definition) is 2. The molecule has 0 fully saturated rings. The highest BCUT2D eigenvalue weighted by Crippen LogP contribution is 2.18. The maximum atomic E-state index is 13.5. The monoisotopic (exact) mass is 311 g/mol. The fourth-order valence-corrected chi connectivity index (χ4v) is 2.46. The Bertz CT molecular complexity index is 722. The molecule has 1 heterocycles. The van der Waals surface area contributed by atoms with Gasteiger partial charge in [0.25, 0.3) is 0 Å². The van der Waals surface area contributed by atoms with Crippen LogP contribution in [0.3, 0.4) is 0 Å². The van der Waals surface area contributed by atoms with Crippen molar-refractivity contribution in [2.24, 2.45) is 0 Å². The first-order valence-corrected chi connectivity index (χ1v) is 7.50. The number of nitrogens with one attached hydrogen (secondary N) is 2. The van der Waals surface area contributed by atoms with Crippen molar-refractivity contribution in [2.45, 2.75) is 6.54 Å². The van der Waals surface area contributed by atoms with Crippen LogP contribution in [-0.2, 0) is 6.54 Å². The molecule has 0 bridgehead atoms. The summed E-state index contributed by atoms with van der Waals surface area (Å²) in [5.41, 5.74) is 2.30. The highest BCUT2D eigenvalue weighted by Gasteiger charge is 2.09. The summed E-state index contributed by atoms with van der Waals surface area (Å²) in [5.74, 6) is -0.453. The molecule has 23 heavy (non-hydrogen) atoms. The zero-order valence-corrected chi connectivity index (χ0v) is 12.6. The van der Waals surface area contributed by atoms with Crippen LogP contribution in [0.25, 0.3) is 0 Å². The Morgan fingerprint density at radius 3 is 2.65 bits per heavy atom. The van der Waals surface area contributed by atoms with Gasteiger partial charge < -0.3 is 15.5 Å². The van der Waals surface area contributed by atoms with Crippen molar-refractivity contribution in [3.05, 3.63) is 72.1 Å². The minimum Gasteiger partial charge on any atom is -0.364 e. The molecule has 3 rings (SSSR count). The molecular weight excluding hydrogens is 293 g/mol. The summed E-state index contributed by atoms with van der Waals surface area (Å²) in [5, 5.41) is 5.25. The van der Waals surface area contributed by atoms with Gasteiger partial charge in [-0.3, -0.25) is 0 Å². The van der Waals surface area contributed by atoms with E-state index in [0.29, 0.717) is 6.54 Å². The third-order valence-electron chi connectivity index (χ3n) is 3.67. The minimum atomic E-state index is -0.453. The third-order valence-corrected chi connectivity index (χ3v) is 3.67. The van der Waals surface area contributed by atoms with Crippen LogP contribution in [0.2, 0.25) is 0 Å². The van der Waals surface area contributed by atoms with Crippen LogP contribution >= 0.6 is 0 Å². The van der Waals surface area contributed by atoms with E-state index in [1.165, 1.54) is 12.1 Å². The molecule has 0 saturated heterocycles. The fourth-order valence-electron chi connectivity index (χ4n) is 2.46. The van der Waals surface area contributed by atoms with Gasteiger partial charge in [0, 0.05) is 25.3 Å². The Morgan fingerprint density at radius 2 is 1.87 bits per heavy atom. The molecule has 0 unspecified atom stereocenters. The normalized spacial score (nSPS) is 13.2. The molecular formula is C18H18FN3O. The molecule has 118 valence electrons. The number of rotatable bonds is 4. The molecule has 0 atom stereocenters. The number of benzene rings is 2. The summed E-state index contributed by atoms with van der Waals surface area (Å²) in [4.78, 5) is 14.1. The molecule has 2 N–H and O–H groups in total. The molecule has 4 nitrogen and oxygen atoms in total. The Labute approximate surface area is 134 Å². The highest BCUT2D eigenvalue weighted by molar-refractivity contribution is 5.89. The smallest absolute Gasteiger partial charge is 0.319 e. The lowest BCUT2D eigenvalue weighted by Gasteiger charge is -2.18. The second-order valence-corrected chi connectivity index (χ2v) is 5.33. The summed E-state index contributed by atoms with van der Waals surface area (Å²) in [6.45, 7) is 2.20. The number of carbonyl (C=O) groups excluding carboxylic acids is 1. The molecule has 0 spiro atoms. The van der Waals surface area contributed by atoms with E-state index < -0.39 is 11.8 Å². The second-order valence-electron chi connectivity index (χ2n) is 5.33. The minimum absolute atomic E-state index is 0.168. The zero-order chi connectivity index (χ0) is 16.1. The summed E-state index contributed by atoms with van der Waals surface area (Å²) in [6, 6.07) is 13.7. The summed E-state index contributed by atoms with van der Waals surface area (Å²) >= 11 is 0. The molecule has 1 aliphatic heterocycles. The predicted octanol–water partition coefficient (Wildman–Crippen LogP) is 3.52. The van der Waals surface area contributed by atoms with E-state index in [1.807, 2.05) is 12.1 Å². The van der Waals surface area contributed by atoms with Gasteiger partial charge in [-0.15, -0.1) is 0 Å². The molecule has 2 aromatic rings. The molecule has 1 aliphatic rings. The molecule has 2 aromatic carbocycles. The van der Waals surface area contributed by atoms with Gasteiger partial charge in [0.15, 0.2) is 0 Å². The van der Waals surface area contributed by atoms with Crippen LogP contribution in [0.5, 0.6) is 0 Å². The van der Waals surface area contributed by atoms with E-state index in [9.17, 15) is 9.18 Å². The SMILES string of the molecule is O=C(NCc1cccc(N2CC=CC2)c1)Nc1ccccc1F. The second kappa shape index (κ2) is 6.96. The summed E-state index contributed by atoms with van der Waals surface area (Å²) in [6.07, 6.45) is 4.26. The van der Waals surface area contributed by atoms with Gasteiger partial charge in [0.05, 0.1) is 5.69 Å². The lowest BCUT2D eigenvalue weighted by molar-refractivity contribution is 0.251. The zero-order valence-electron chi connectivity index (χ0n) is 12.6. The van der Waals surface area contributed by atoms with E-state index in [-0.39, 0.29) is 5.69 Å². The molecule has 0 saturated carbocycles. The number of halogens is 1. The van der Waals surface area contributed by atoms with Crippen molar-refractivity contribution in [3.8, 4) is 0 Å². The third kappa shape index (κ3) is 3.88. The number of para-hydroxylation sites is 1. The maximum absolute atomic E-state index is 13.5. The number of carbonyl (C=O) groups is 1. The molecule has 0 aromatic heterocycles. The van der Waals surface area contributed by atoms with E-state index >= 15 is 0 Å². The van der Waals surface area contributed by atoms with Crippen molar-refractivity contribution >= 4 is 17.4 Å². The van der Waals surface area contributed by atoms with Crippen LogP contribution in [0, 0.1) is 5.82 Å². The number of amides is 2. The van der Waals surface area contributed by atoms with Crippen LogP contribution in [-0.4, -0.2) is 19.1 Å². The van der Waals surface area contributed by atoms with Gasteiger partial charge in [0.1, 0.15) is 5.82 Å². The maximum Gasteiger partial charge on any atom is 0.319 e. The van der Waals surface area contributed by atoms with Gasteiger partial charge in [-0.2, -0.15) is 0 Å². The van der Waals surface area contributed by atoms with Gasteiger partial charge in [-0.05, 0) is 29.8 Å². The summed E-state index contributed by atoms with van der Waals surface area (Å²) in [7, 11) is 0. The number of urea groups is 1. The topological polar surface area (TPSA) is 44.4 Å². The average Bonchev–Trinajstić information content (AvgIpc) is 3.10. The average molecular weight is 311 g/mol. The number of hydrogen-bond acceptors (Lipinski definition) is 2. The van der Waals surface area contributed by atoms with E-state index in [2.05, 4.69) is 39.8 Å². The van der Waals surface area contributed by atoms with Gasteiger partial charge in [-0.1, -0.05) is 36.4 Å². The Hall–Kier alpha value is -2.82. The predicted molar refractivity (Wildman–Crippen MR) is 90.1 cm³/mol. The lowest BCUT2D eigenvalue weighted by Crippen LogP contribution is -2.28. The van der Waals surface area contributed by atoms with Crippen LogP contribution in [0.15, 0.2) is 60.7 Å². The van der Waals surface area contributed by atoms with Gasteiger partial charge in [0.2, 0.25) is 0 Å².